The molecular weight excluding hydrogens is 180 g/mol. The number of nitrogens with one attached hydrogen (secondary N) is 1. The molecule has 1 N–H and O–H groups in total. The maximum absolute atomic E-state index is 12.0. The highest BCUT2D eigenvalue weighted by Gasteiger charge is 2.22. The van der Waals surface area contributed by atoms with Crippen LogP contribution in [0.25, 0.3) is 0 Å². The standard InChI is InChI=1S/C7H9F2N3O/c8-6(9)7-11-5(12-13-7)3-10-4-1-2-4/h4,6,10H,1-3H2. The van der Waals surface area contributed by atoms with E-state index in [1.54, 1.807) is 0 Å². The van der Waals surface area contributed by atoms with Gasteiger partial charge in [0.05, 0.1) is 6.54 Å². The molecule has 0 atom stereocenters. The van der Waals surface area contributed by atoms with Crippen molar-refractivity contribution in [3.8, 4) is 0 Å². The number of alkyl halides is 2. The quantitative estimate of drug-likeness (QED) is 0.774. The largest absolute Gasteiger partial charge is 0.333 e. The van der Waals surface area contributed by atoms with E-state index < -0.39 is 12.3 Å². The van der Waals surface area contributed by atoms with Crippen molar-refractivity contribution in [2.75, 3.05) is 0 Å². The molecule has 0 bridgehead atoms. The first-order valence-corrected chi connectivity index (χ1v) is 4.09. The molecule has 4 nitrogen and oxygen atoms in total. The molecule has 1 heterocycles. The molecule has 0 aromatic carbocycles. The predicted octanol–water partition coefficient (Wildman–Crippen LogP) is 1.26. The maximum Gasteiger partial charge on any atom is 0.315 e. The summed E-state index contributed by atoms with van der Waals surface area (Å²) >= 11 is 0. The molecule has 2 rings (SSSR count). The Balaban J connectivity index is 1.88. The van der Waals surface area contributed by atoms with Gasteiger partial charge in [0.25, 0.3) is 5.89 Å². The van der Waals surface area contributed by atoms with Gasteiger partial charge in [-0.05, 0) is 12.8 Å². The molecule has 1 saturated carbocycles. The monoisotopic (exact) mass is 189 g/mol. The molecule has 6 heteroatoms. The fourth-order valence-electron chi connectivity index (χ4n) is 0.951. The van der Waals surface area contributed by atoms with Crippen molar-refractivity contribution in [3.63, 3.8) is 0 Å². The molecule has 0 spiro atoms. The van der Waals surface area contributed by atoms with E-state index >= 15 is 0 Å². The van der Waals surface area contributed by atoms with Crippen LogP contribution in [0.1, 0.15) is 31.0 Å². The molecule has 72 valence electrons. The maximum atomic E-state index is 12.0. The summed E-state index contributed by atoms with van der Waals surface area (Å²) in [5, 5.41) is 6.50. The van der Waals surface area contributed by atoms with Crippen molar-refractivity contribution in [1.82, 2.24) is 15.5 Å². The van der Waals surface area contributed by atoms with E-state index in [1.807, 2.05) is 0 Å². The third-order valence-electron chi connectivity index (χ3n) is 1.80. The van der Waals surface area contributed by atoms with E-state index in [1.165, 1.54) is 0 Å². The van der Waals surface area contributed by atoms with Crippen molar-refractivity contribution in [2.24, 2.45) is 0 Å². The van der Waals surface area contributed by atoms with Crippen LogP contribution < -0.4 is 5.32 Å². The molecule has 1 aliphatic rings. The summed E-state index contributed by atoms with van der Waals surface area (Å²) in [6.07, 6.45) is -0.402. The van der Waals surface area contributed by atoms with Crippen LogP contribution in [0.2, 0.25) is 0 Å². The molecule has 1 aliphatic carbocycles. The van der Waals surface area contributed by atoms with Gasteiger partial charge in [-0.25, -0.2) is 0 Å². The van der Waals surface area contributed by atoms with E-state index in [0.717, 1.165) is 12.8 Å². The summed E-state index contributed by atoms with van der Waals surface area (Å²) in [5.41, 5.74) is 0. The van der Waals surface area contributed by atoms with Crippen LogP contribution in [-0.4, -0.2) is 16.2 Å². The minimum atomic E-state index is -2.68. The Morgan fingerprint density at radius 1 is 1.54 bits per heavy atom. The molecule has 1 aromatic rings. The third kappa shape index (κ3) is 2.21. The van der Waals surface area contributed by atoms with E-state index in [9.17, 15) is 8.78 Å². The Morgan fingerprint density at radius 2 is 2.31 bits per heavy atom. The lowest BCUT2D eigenvalue weighted by atomic mass is 10.5. The van der Waals surface area contributed by atoms with Crippen LogP contribution in [0.5, 0.6) is 0 Å². The summed E-state index contributed by atoms with van der Waals surface area (Å²) in [5.74, 6) is -0.310. The van der Waals surface area contributed by atoms with Gasteiger partial charge in [0.2, 0.25) is 0 Å². The highest BCUT2D eigenvalue weighted by molar-refractivity contribution is 4.89. The van der Waals surface area contributed by atoms with Gasteiger partial charge in [-0.15, -0.1) is 0 Å². The van der Waals surface area contributed by atoms with Gasteiger partial charge in [-0.1, -0.05) is 5.16 Å². The normalized spacial score (nSPS) is 16.8. The van der Waals surface area contributed by atoms with E-state index in [2.05, 4.69) is 20.0 Å². The molecule has 13 heavy (non-hydrogen) atoms. The van der Waals surface area contributed by atoms with Gasteiger partial charge >= 0.3 is 6.43 Å². The van der Waals surface area contributed by atoms with Crippen LogP contribution in [0.15, 0.2) is 4.52 Å². The van der Waals surface area contributed by atoms with E-state index in [0.29, 0.717) is 18.4 Å². The van der Waals surface area contributed by atoms with Crippen molar-refractivity contribution in [3.05, 3.63) is 11.7 Å². The molecule has 0 aliphatic heterocycles. The molecule has 0 unspecified atom stereocenters. The average molecular weight is 189 g/mol. The number of rotatable bonds is 4. The zero-order valence-electron chi connectivity index (χ0n) is 6.83. The van der Waals surface area contributed by atoms with Crippen LogP contribution in [-0.2, 0) is 6.54 Å². The van der Waals surface area contributed by atoms with Crippen LogP contribution in [0.4, 0.5) is 8.78 Å². The SMILES string of the molecule is FC(F)c1nc(CNC2CC2)no1. The topological polar surface area (TPSA) is 51.0 Å². The highest BCUT2D eigenvalue weighted by Crippen LogP contribution is 2.19. The summed E-state index contributed by atoms with van der Waals surface area (Å²) < 4.78 is 28.3. The first-order valence-electron chi connectivity index (χ1n) is 4.09. The fourth-order valence-corrected chi connectivity index (χ4v) is 0.951. The number of nitrogens with zero attached hydrogens (tertiary/aromatic N) is 2. The molecule has 0 radical (unpaired) electrons. The van der Waals surface area contributed by atoms with Crippen molar-refractivity contribution >= 4 is 0 Å². The lowest BCUT2D eigenvalue weighted by Gasteiger charge is -1.94. The summed E-state index contributed by atoms with van der Waals surface area (Å²) in [4.78, 5) is 3.52. The first-order chi connectivity index (χ1) is 6.25. The smallest absolute Gasteiger partial charge is 0.315 e. The lowest BCUT2D eigenvalue weighted by Crippen LogP contribution is -2.16. The van der Waals surface area contributed by atoms with Gasteiger partial charge in [-0.3, -0.25) is 0 Å². The number of halogens is 2. The Kier molecular flexibility index (Phi) is 2.22. The van der Waals surface area contributed by atoms with Gasteiger partial charge in [-0.2, -0.15) is 13.8 Å². The molecule has 0 saturated heterocycles. The molecule has 1 aromatic heterocycles. The zero-order valence-corrected chi connectivity index (χ0v) is 6.83. The average Bonchev–Trinajstić information content (AvgIpc) is 2.79. The van der Waals surface area contributed by atoms with Crippen molar-refractivity contribution in [1.29, 1.82) is 0 Å². The Labute approximate surface area is 73.3 Å². The Hall–Kier alpha value is -1.04. The summed E-state index contributed by atoms with van der Waals surface area (Å²) in [6.45, 7) is 0.404. The van der Waals surface area contributed by atoms with Crippen LogP contribution >= 0.6 is 0 Å². The van der Waals surface area contributed by atoms with E-state index in [4.69, 9.17) is 0 Å². The molecule has 1 fully saturated rings. The number of aromatic nitrogens is 2. The fraction of sp³-hybridized carbons (Fsp3) is 0.714. The van der Waals surface area contributed by atoms with Crippen molar-refractivity contribution in [2.45, 2.75) is 31.9 Å². The minimum absolute atomic E-state index is 0.294. The van der Waals surface area contributed by atoms with Gasteiger partial charge < -0.3 is 9.84 Å². The predicted molar refractivity (Wildman–Crippen MR) is 39.1 cm³/mol. The second kappa shape index (κ2) is 3.37. The second-order valence-electron chi connectivity index (χ2n) is 3.00. The van der Waals surface area contributed by atoms with E-state index in [-0.39, 0.29) is 0 Å². The van der Waals surface area contributed by atoms with Crippen LogP contribution in [0.3, 0.4) is 0 Å². The number of hydrogen-bond acceptors (Lipinski definition) is 4. The van der Waals surface area contributed by atoms with Gasteiger partial charge in [0, 0.05) is 6.04 Å². The lowest BCUT2D eigenvalue weighted by molar-refractivity contribution is 0.106. The molecule has 0 amide bonds. The third-order valence-corrected chi connectivity index (χ3v) is 1.80. The van der Waals surface area contributed by atoms with Crippen molar-refractivity contribution < 1.29 is 13.3 Å². The van der Waals surface area contributed by atoms with Crippen LogP contribution in [0, 0.1) is 0 Å². The summed E-state index contributed by atoms with van der Waals surface area (Å²) in [6, 6.07) is 0.508. The second-order valence-corrected chi connectivity index (χ2v) is 3.00. The Bertz CT molecular complexity index is 285. The minimum Gasteiger partial charge on any atom is -0.333 e. The first kappa shape index (κ1) is 8.55. The van der Waals surface area contributed by atoms with Gasteiger partial charge in [0.15, 0.2) is 5.82 Å². The zero-order chi connectivity index (χ0) is 9.26. The number of hydrogen-bond donors (Lipinski definition) is 1. The summed E-state index contributed by atoms with van der Waals surface area (Å²) in [7, 11) is 0. The molecular formula is C7H9F2N3O. The Morgan fingerprint density at radius 3 is 2.85 bits per heavy atom. The van der Waals surface area contributed by atoms with Gasteiger partial charge in [0.1, 0.15) is 0 Å². The highest BCUT2D eigenvalue weighted by atomic mass is 19.3.